The molecule has 2 rings (SSSR count). The van der Waals surface area contributed by atoms with Crippen LogP contribution in [-0.2, 0) is 10.0 Å². The summed E-state index contributed by atoms with van der Waals surface area (Å²) >= 11 is 1.90. The van der Waals surface area contributed by atoms with Gasteiger partial charge in [0.25, 0.3) is 0 Å². The smallest absolute Gasteiger partial charge is 0.215 e. The molecule has 0 amide bonds. The van der Waals surface area contributed by atoms with E-state index in [1.165, 1.54) is 0 Å². The third-order valence-electron chi connectivity index (χ3n) is 3.83. The van der Waals surface area contributed by atoms with Crippen molar-refractivity contribution >= 4 is 21.8 Å². The van der Waals surface area contributed by atoms with Gasteiger partial charge in [-0.15, -0.1) is 0 Å². The van der Waals surface area contributed by atoms with E-state index in [0.717, 1.165) is 38.4 Å². The molecule has 2 fully saturated rings. The molecule has 2 aliphatic heterocycles. The lowest BCUT2D eigenvalue weighted by atomic mass is 10.3. The number of nitrogens with one attached hydrogen (secondary N) is 1. The Morgan fingerprint density at radius 2 is 2.00 bits per heavy atom. The van der Waals surface area contributed by atoms with Crippen molar-refractivity contribution in [3.63, 3.8) is 0 Å². The van der Waals surface area contributed by atoms with Crippen LogP contribution >= 0.6 is 11.8 Å². The van der Waals surface area contributed by atoms with Crippen LogP contribution in [0.5, 0.6) is 0 Å². The van der Waals surface area contributed by atoms with Crippen LogP contribution in [0.4, 0.5) is 0 Å². The Balaban J connectivity index is 1.83. The van der Waals surface area contributed by atoms with Gasteiger partial charge < -0.3 is 5.32 Å². The van der Waals surface area contributed by atoms with Crippen LogP contribution in [0.3, 0.4) is 0 Å². The Hall–Kier alpha value is 0.180. The predicted molar refractivity (Wildman–Crippen MR) is 81.2 cm³/mol. The average Bonchev–Trinajstić information content (AvgIpc) is 2.46. The van der Waals surface area contributed by atoms with E-state index in [2.05, 4.69) is 17.1 Å². The SMILES string of the molecule is CCC1CN(S(=O)(=O)CCN2CCNCC2)CCS1. The van der Waals surface area contributed by atoms with Gasteiger partial charge in [-0.05, 0) is 6.42 Å². The molecule has 1 N–H and O–H groups in total. The van der Waals surface area contributed by atoms with E-state index in [9.17, 15) is 8.42 Å². The molecule has 112 valence electrons. The number of hydrogen-bond acceptors (Lipinski definition) is 5. The Bertz CT molecular complexity index is 369. The highest BCUT2D eigenvalue weighted by Gasteiger charge is 2.28. The van der Waals surface area contributed by atoms with Crippen LogP contribution in [-0.4, -0.2) is 80.2 Å². The molecule has 0 bridgehead atoms. The second kappa shape index (κ2) is 7.26. The zero-order valence-corrected chi connectivity index (χ0v) is 13.3. The van der Waals surface area contributed by atoms with Crippen LogP contribution < -0.4 is 5.32 Å². The molecule has 0 radical (unpaired) electrons. The fourth-order valence-electron chi connectivity index (χ4n) is 2.50. The first-order chi connectivity index (χ1) is 9.12. The van der Waals surface area contributed by atoms with E-state index in [1.54, 1.807) is 4.31 Å². The second-order valence-corrected chi connectivity index (χ2v) is 8.66. The van der Waals surface area contributed by atoms with Gasteiger partial charge >= 0.3 is 0 Å². The van der Waals surface area contributed by atoms with Crippen molar-refractivity contribution in [3.05, 3.63) is 0 Å². The van der Waals surface area contributed by atoms with Gasteiger partial charge in [-0.3, -0.25) is 4.90 Å². The highest BCUT2D eigenvalue weighted by Crippen LogP contribution is 2.23. The molecule has 2 aliphatic rings. The Morgan fingerprint density at radius 3 is 2.68 bits per heavy atom. The van der Waals surface area contributed by atoms with E-state index in [4.69, 9.17) is 0 Å². The van der Waals surface area contributed by atoms with Crippen molar-refractivity contribution in [1.29, 1.82) is 0 Å². The number of piperazine rings is 1. The monoisotopic (exact) mass is 307 g/mol. The third kappa shape index (κ3) is 4.60. The molecule has 5 nitrogen and oxygen atoms in total. The molecule has 0 aromatic rings. The number of thioether (sulfide) groups is 1. The van der Waals surface area contributed by atoms with Crippen molar-refractivity contribution < 1.29 is 8.42 Å². The average molecular weight is 307 g/mol. The zero-order chi connectivity index (χ0) is 13.7. The molecule has 0 aromatic carbocycles. The third-order valence-corrected chi connectivity index (χ3v) is 7.01. The number of hydrogen-bond donors (Lipinski definition) is 1. The maximum Gasteiger partial charge on any atom is 0.215 e. The highest BCUT2D eigenvalue weighted by atomic mass is 32.2. The first-order valence-corrected chi connectivity index (χ1v) is 9.80. The van der Waals surface area contributed by atoms with E-state index in [1.807, 2.05) is 11.8 Å². The Labute approximate surface area is 121 Å². The second-order valence-electron chi connectivity index (χ2n) is 5.17. The summed E-state index contributed by atoms with van der Waals surface area (Å²) in [5, 5.41) is 3.76. The predicted octanol–water partition coefficient (Wildman–Crippen LogP) is 0.0488. The first kappa shape index (κ1) is 15.6. The van der Waals surface area contributed by atoms with Crippen LogP contribution in [0.1, 0.15) is 13.3 Å². The Kier molecular flexibility index (Phi) is 5.95. The fraction of sp³-hybridized carbons (Fsp3) is 1.00. The van der Waals surface area contributed by atoms with E-state index >= 15 is 0 Å². The van der Waals surface area contributed by atoms with Gasteiger partial charge in [0.1, 0.15) is 0 Å². The lowest BCUT2D eigenvalue weighted by molar-refractivity contribution is 0.252. The number of rotatable bonds is 5. The quantitative estimate of drug-likeness (QED) is 0.778. The van der Waals surface area contributed by atoms with E-state index < -0.39 is 10.0 Å². The molecular formula is C12H25N3O2S2. The number of nitrogens with zero attached hydrogens (tertiary/aromatic N) is 2. The van der Waals surface area contributed by atoms with Gasteiger partial charge in [0.2, 0.25) is 10.0 Å². The molecule has 1 atom stereocenters. The summed E-state index contributed by atoms with van der Waals surface area (Å²) in [6.45, 7) is 8.05. The van der Waals surface area contributed by atoms with Gasteiger partial charge in [0.15, 0.2) is 0 Å². The number of sulfonamides is 1. The maximum atomic E-state index is 12.4. The Morgan fingerprint density at radius 1 is 1.26 bits per heavy atom. The largest absolute Gasteiger partial charge is 0.314 e. The molecule has 0 aromatic heterocycles. The molecule has 0 aliphatic carbocycles. The van der Waals surface area contributed by atoms with Crippen molar-refractivity contribution in [3.8, 4) is 0 Å². The summed E-state index contributed by atoms with van der Waals surface area (Å²) in [7, 11) is -3.07. The first-order valence-electron chi connectivity index (χ1n) is 7.14. The lowest BCUT2D eigenvalue weighted by Crippen LogP contribution is -2.48. The van der Waals surface area contributed by atoms with Crippen LogP contribution in [0.2, 0.25) is 0 Å². The minimum absolute atomic E-state index is 0.272. The normalized spacial score (nSPS) is 27.5. The lowest BCUT2D eigenvalue weighted by Gasteiger charge is -2.32. The maximum absolute atomic E-state index is 12.4. The van der Waals surface area contributed by atoms with Crippen LogP contribution in [0.25, 0.3) is 0 Å². The summed E-state index contributed by atoms with van der Waals surface area (Å²) in [6, 6.07) is 0. The summed E-state index contributed by atoms with van der Waals surface area (Å²) in [5.41, 5.74) is 0. The zero-order valence-electron chi connectivity index (χ0n) is 11.7. The summed E-state index contributed by atoms with van der Waals surface area (Å²) < 4.78 is 26.4. The van der Waals surface area contributed by atoms with Gasteiger partial charge in [-0.2, -0.15) is 16.1 Å². The summed E-state index contributed by atoms with van der Waals surface area (Å²) in [4.78, 5) is 2.24. The molecule has 7 heteroatoms. The summed E-state index contributed by atoms with van der Waals surface area (Å²) in [6.07, 6.45) is 1.05. The summed E-state index contributed by atoms with van der Waals surface area (Å²) in [5.74, 6) is 1.21. The molecular weight excluding hydrogens is 282 g/mol. The van der Waals surface area contributed by atoms with Crippen molar-refractivity contribution in [2.45, 2.75) is 18.6 Å². The highest BCUT2D eigenvalue weighted by molar-refractivity contribution is 8.00. The van der Waals surface area contributed by atoms with Crippen LogP contribution in [0.15, 0.2) is 0 Å². The molecule has 19 heavy (non-hydrogen) atoms. The van der Waals surface area contributed by atoms with Crippen molar-refractivity contribution in [2.24, 2.45) is 0 Å². The fourth-order valence-corrected chi connectivity index (χ4v) is 5.41. The van der Waals surface area contributed by atoms with Crippen molar-refractivity contribution in [2.75, 3.05) is 57.3 Å². The van der Waals surface area contributed by atoms with Crippen molar-refractivity contribution in [1.82, 2.24) is 14.5 Å². The van der Waals surface area contributed by atoms with Gasteiger partial charge in [0.05, 0.1) is 5.75 Å². The minimum atomic E-state index is -3.07. The topological polar surface area (TPSA) is 52.7 Å². The van der Waals surface area contributed by atoms with Gasteiger partial charge in [0, 0.05) is 56.8 Å². The molecule has 0 saturated carbocycles. The standard InChI is InChI=1S/C12H25N3O2S2/c1-2-12-11-15(7-9-18-12)19(16,17)10-8-14-5-3-13-4-6-14/h12-13H,2-11H2,1H3. The van der Waals surface area contributed by atoms with Gasteiger partial charge in [-0.1, -0.05) is 6.92 Å². The van der Waals surface area contributed by atoms with Gasteiger partial charge in [-0.25, -0.2) is 8.42 Å². The van der Waals surface area contributed by atoms with E-state index in [0.29, 0.717) is 24.9 Å². The molecule has 1 unspecified atom stereocenters. The van der Waals surface area contributed by atoms with E-state index in [-0.39, 0.29) is 5.75 Å². The molecule has 2 heterocycles. The minimum Gasteiger partial charge on any atom is -0.314 e. The molecule has 0 spiro atoms. The van der Waals surface area contributed by atoms with Crippen LogP contribution in [0, 0.1) is 0 Å². The molecule has 2 saturated heterocycles.